The van der Waals surface area contributed by atoms with Gasteiger partial charge in [-0.3, -0.25) is 4.79 Å². The molecule has 0 spiro atoms. The molecule has 1 unspecified atom stereocenters. The van der Waals surface area contributed by atoms with Crippen molar-refractivity contribution in [1.82, 2.24) is 10.2 Å². The minimum atomic E-state index is 0. The Balaban J connectivity index is 0.00000220. The van der Waals surface area contributed by atoms with Gasteiger partial charge in [-0.25, -0.2) is 0 Å². The summed E-state index contributed by atoms with van der Waals surface area (Å²) in [5, 5.41) is 3.35. The molecule has 1 saturated heterocycles. The number of hydrogen-bond acceptors (Lipinski definition) is 3. The van der Waals surface area contributed by atoms with Crippen molar-refractivity contribution < 1.29 is 9.53 Å². The molecule has 1 aliphatic rings. The van der Waals surface area contributed by atoms with Crippen LogP contribution in [0.25, 0.3) is 0 Å². The van der Waals surface area contributed by atoms with Crippen LogP contribution < -0.4 is 10.1 Å². The number of benzene rings is 1. The summed E-state index contributed by atoms with van der Waals surface area (Å²) in [7, 11) is 0. The number of nitrogens with zero attached hydrogens (tertiary/aromatic N) is 1. The summed E-state index contributed by atoms with van der Waals surface area (Å²) < 4.78 is 5.66. The molecule has 2 rings (SSSR count). The quantitative estimate of drug-likeness (QED) is 0.927. The number of nitrogens with one attached hydrogen (secondary N) is 1. The summed E-state index contributed by atoms with van der Waals surface area (Å²) in [4.78, 5) is 14.2. The van der Waals surface area contributed by atoms with Crippen LogP contribution in [-0.2, 0) is 11.2 Å². The molecule has 118 valence electrons. The molecule has 1 fully saturated rings. The van der Waals surface area contributed by atoms with Crippen molar-refractivity contribution in [1.29, 1.82) is 0 Å². The van der Waals surface area contributed by atoms with Crippen LogP contribution in [-0.4, -0.2) is 42.6 Å². The van der Waals surface area contributed by atoms with Gasteiger partial charge in [0, 0.05) is 25.7 Å². The predicted octanol–water partition coefficient (Wildman–Crippen LogP) is 2.26. The van der Waals surface area contributed by atoms with Crippen LogP contribution >= 0.6 is 12.4 Å². The fraction of sp³-hybridized carbons (Fsp3) is 0.562. The minimum Gasteiger partial charge on any atom is -0.491 e. The fourth-order valence-electron chi connectivity index (χ4n) is 2.45. The van der Waals surface area contributed by atoms with Gasteiger partial charge in [-0.15, -0.1) is 12.4 Å². The van der Waals surface area contributed by atoms with Gasteiger partial charge in [-0.05, 0) is 38.5 Å². The number of hydrogen-bond donors (Lipinski definition) is 1. The Labute approximate surface area is 133 Å². The van der Waals surface area contributed by atoms with Crippen molar-refractivity contribution in [2.24, 2.45) is 0 Å². The van der Waals surface area contributed by atoms with Crippen LogP contribution in [0.4, 0.5) is 0 Å². The molecule has 0 radical (unpaired) electrons. The number of ether oxygens (including phenoxy) is 1. The first-order chi connectivity index (χ1) is 9.54. The number of rotatable bonds is 4. The van der Waals surface area contributed by atoms with Gasteiger partial charge in [0.2, 0.25) is 5.91 Å². The third kappa shape index (κ3) is 5.56. The van der Waals surface area contributed by atoms with E-state index in [1.165, 1.54) is 0 Å². The topological polar surface area (TPSA) is 41.6 Å². The zero-order valence-electron chi connectivity index (χ0n) is 13.0. The van der Waals surface area contributed by atoms with Crippen LogP contribution in [0.5, 0.6) is 5.75 Å². The van der Waals surface area contributed by atoms with Gasteiger partial charge in [0.05, 0.1) is 12.5 Å². The summed E-state index contributed by atoms with van der Waals surface area (Å²) in [6.07, 6.45) is 0.595. The normalized spacial score (nSPS) is 18.3. The Hall–Kier alpha value is -1.26. The third-order valence-corrected chi connectivity index (χ3v) is 3.35. The first-order valence-corrected chi connectivity index (χ1v) is 7.31. The standard InChI is InChI=1S/C16H24N2O2.ClH/c1-12(2)20-15-6-4-5-14(9-15)10-16(19)18-8-7-17-13(3)11-18;/h4-6,9,12-13,17H,7-8,10-11H2,1-3H3;1H. The number of amides is 1. The number of halogens is 1. The van der Waals surface area contributed by atoms with Crippen molar-refractivity contribution in [3.63, 3.8) is 0 Å². The Kier molecular flexibility index (Phi) is 6.99. The first-order valence-electron chi connectivity index (χ1n) is 7.31. The molecule has 5 heteroatoms. The second kappa shape index (κ2) is 8.25. The summed E-state index contributed by atoms with van der Waals surface area (Å²) in [6, 6.07) is 8.20. The van der Waals surface area contributed by atoms with E-state index in [1.807, 2.05) is 43.0 Å². The maximum Gasteiger partial charge on any atom is 0.227 e. The van der Waals surface area contributed by atoms with Gasteiger partial charge in [-0.2, -0.15) is 0 Å². The van der Waals surface area contributed by atoms with Gasteiger partial charge in [0.25, 0.3) is 0 Å². The molecule has 0 saturated carbocycles. The molecule has 1 aliphatic heterocycles. The fourth-order valence-corrected chi connectivity index (χ4v) is 2.45. The molecule has 1 heterocycles. The van der Waals surface area contributed by atoms with Crippen molar-refractivity contribution in [2.75, 3.05) is 19.6 Å². The minimum absolute atomic E-state index is 0. The summed E-state index contributed by atoms with van der Waals surface area (Å²) >= 11 is 0. The monoisotopic (exact) mass is 312 g/mol. The van der Waals surface area contributed by atoms with E-state index in [0.29, 0.717) is 12.5 Å². The lowest BCUT2D eigenvalue weighted by Gasteiger charge is -2.32. The molecule has 1 aromatic rings. The lowest BCUT2D eigenvalue weighted by atomic mass is 10.1. The summed E-state index contributed by atoms with van der Waals surface area (Å²) in [5.41, 5.74) is 1.01. The van der Waals surface area contributed by atoms with Crippen LogP contribution in [0.3, 0.4) is 0 Å². The second-order valence-electron chi connectivity index (χ2n) is 5.69. The molecule has 4 nitrogen and oxygen atoms in total. The third-order valence-electron chi connectivity index (χ3n) is 3.35. The highest BCUT2D eigenvalue weighted by Gasteiger charge is 2.20. The second-order valence-corrected chi connectivity index (χ2v) is 5.69. The molecule has 0 aromatic heterocycles. The van der Waals surface area contributed by atoms with Gasteiger partial charge < -0.3 is 15.0 Å². The van der Waals surface area contributed by atoms with Crippen LogP contribution in [0.15, 0.2) is 24.3 Å². The molecule has 21 heavy (non-hydrogen) atoms. The first kappa shape index (κ1) is 17.8. The van der Waals surface area contributed by atoms with E-state index in [0.717, 1.165) is 30.9 Å². The van der Waals surface area contributed by atoms with Gasteiger partial charge in [0.15, 0.2) is 0 Å². The Morgan fingerprint density at radius 1 is 1.48 bits per heavy atom. The van der Waals surface area contributed by atoms with Crippen LogP contribution in [0.2, 0.25) is 0 Å². The van der Waals surface area contributed by atoms with E-state index >= 15 is 0 Å². The zero-order chi connectivity index (χ0) is 14.5. The highest BCUT2D eigenvalue weighted by Crippen LogP contribution is 2.16. The molecule has 1 N–H and O–H groups in total. The van der Waals surface area contributed by atoms with E-state index < -0.39 is 0 Å². The van der Waals surface area contributed by atoms with Crippen LogP contribution in [0, 0.1) is 0 Å². The Morgan fingerprint density at radius 2 is 2.24 bits per heavy atom. The van der Waals surface area contributed by atoms with E-state index in [2.05, 4.69) is 12.2 Å². The molecule has 0 aliphatic carbocycles. The largest absolute Gasteiger partial charge is 0.491 e. The average molecular weight is 313 g/mol. The number of piperazine rings is 1. The van der Waals surface area contributed by atoms with Gasteiger partial charge in [-0.1, -0.05) is 12.1 Å². The van der Waals surface area contributed by atoms with Crippen molar-refractivity contribution in [2.45, 2.75) is 39.3 Å². The Bertz CT molecular complexity index is 465. The number of carbonyl (C=O) groups excluding carboxylic acids is 1. The lowest BCUT2D eigenvalue weighted by molar-refractivity contribution is -0.131. The highest BCUT2D eigenvalue weighted by atomic mass is 35.5. The maximum atomic E-state index is 12.3. The summed E-state index contributed by atoms with van der Waals surface area (Å²) in [6.45, 7) is 8.58. The zero-order valence-corrected chi connectivity index (χ0v) is 13.8. The molecule has 1 amide bonds. The summed E-state index contributed by atoms with van der Waals surface area (Å²) in [5.74, 6) is 1.03. The molecule has 0 bridgehead atoms. The Morgan fingerprint density at radius 3 is 2.90 bits per heavy atom. The van der Waals surface area contributed by atoms with Crippen LogP contribution in [0.1, 0.15) is 26.3 Å². The van der Waals surface area contributed by atoms with E-state index in [-0.39, 0.29) is 24.4 Å². The van der Waals surface area contributed by atoms with E-state index in [9.17, 15) is 4.79 Å². The van der Waals surface area contributed by atoms with Gasteiger partial charge in [0.1, 0.15) is 5.75 Å². The molecular formula is C16H25ClN2O2. The number of carbonyl (C=O) groups is 1. The average Bonchev–Trinajstić information content (AvgIpc) is 2.38. The molecule has 1 atom stereocenters. The van der Waals surface area contributed by atoms with E-state index in [4.69, 9.17) is 4.74 Å². The predicted molar refractivity (Wildman–Crippen MR) is 87.2 cm³/mol. The SMILES string of the molecule is CC1CN(C(=O)Cc2cccc(OC(C)C)c2)CCN1.Cl. The van der Waals surface area contributed by atoms with Crippen molar-refractivity contribution in [3.8, 4) is 5.75 Å². The smallest absolute Gasteiger partial charge is 0.227 e. The highest BCUT2D eigenvalue weighted by molar-refractivity contribution is 5.85. The molecular weight excluding hydrogens is 288 g/mol. The van der Waals surface area contributed by atoms with Gasteiger partial charge >= 0.3 is 0 Å². The van der Waals surface area contributed by atoms with Crippen molar-refractivity contribution in [3.05, 3.63) is 29.8 Å². The van der Waals surface area contributed by atoms with Crippen molar-refractivity contribution >= 4 is 18.3 Å². The maximum absolute atomic E-state index is 12.3. The molecule has 1 aromatic carbocycles. The lowest BCUT2D eigenvalue weighted by Crippen LogP contribution is -2.51. The van der Waals surface area contributed by atoms with E-state index in [1.54, 1.807) is 0 Å².